The summed E-state index contributed by atoms with van der Waals surface area (Å²) in [6.45, 7) is 4.90. The molecule has 2 fully saturated rings. The Morgan fingerprint density at radius 3 is 2.18 bits per heavy atom. The van der Waals surface area contributed by atoms with E-state index >= 15 is 0 Å². The van der Waals surface area contributed by atoms with Crippen molar-refractivity contribution in [1.82, 2.24) is 20.4 Å². The minimum Gasteiger partial charge on any atom is -0.491 e. The van der Waals surface area contributed by atoms with E-state index in [1.165, 1.54) is 43.5 Å². The van der Waals surface area contributed by atoms with Crippen molar-refractivity contribution in [3.8, 4) is 5.75 Å². The van der Waals surface area contributed by atoms with Crippen LogP contribution in [-0.2, 0) is 43.1 Å². The average molecular weight is 899 g/mol. The lowest BCUT2D eigenvalue weighted by atomic mass is 10.0. The molecule has 2 atom stereocenters. The van der Waals surface area contributed by atoms with Gasteiger partial charge in [0.25, 0.3) is 17.7 Å². The number of nitrogens with one attached hydrogen (secondary N) is 3. The van der Waals surface area contributed by atoms with Crippen molar-refractivity contribution in [3.63, 3.8) is 0 Å². The topological polar surface area (TPSA) is 168 Å². The number of alkyl halides is 3. The summed E-state index contributed by atoms with van der Waals surface area (Å²) in [6.07, 6.45) is -1.68. The Hall–Kier alpha value is -6.34. The fourth-order valence-electron chi connectivity index (χ4n) is 8.31. The Balaban J connectivity index is 0.769. The van der Waals surface area contributed by atoms with Gasteiger partial charge in [0.15, 0.2) is 6.29 Å². The smallest absolute Gasteiger partial charge is 0.416 e. The second kappa shape index (κ2) is 20.2. The van der Waals surface area contributed by atoms with E-state index < -0.39 is 53.6 Å². The SMILES string of the molecule is O=C1CCC(N2C(=O)c3ccc(OCCOCCOCCOCc4ccc(N5c6ccc(CN7CCCCC7)cc6NC5NC(=O)c5cccc(C(F)(F)F)c5)cc4)cc3C2=O)C(=O)N1. The lowest BCUT2D eigenvalue weighted by Gasteiger charge is -2.28. The largest absolute Gasteiger partial charge is 0.491 e. The molecule has 0 saturated carbocycles. The van der Waals surface area contributed by atoms with Crippen molar-refractivity contribution in [3.05, 3.63) is 118 Å². The summed E-state index contributed by atoms with van der Waals surface area (Å²) in [5, 5.41) is 8.45. The highest BCUT2D eigenvalue weighted by Crippen LogP contribution is 2.41. The van der Waals surface area contributed by atoms with E-state index in [1.54, 1.807) is 6.07 Å². The Labute approximate surface area is 373 Å². The van der Waals surface area contributed by atoms with Crippen LogP contribution in [0.25, 0.3) is 0 Å². The number of carbonyl (C=O) groups is 5. The fourth-order valence-corrected chi connectivity index (χ4v) is 8.31. The van der Waals surface area contributed by atoms with Crippen molar-refractivity contribution >= 4 is 46.6 Å². The molecule has 5 amide bonds. The highest BCUT2D eigenvalue weighted by molar-refractivity contribution is 6.23. The number of piperidine rings is 2. The zero-order valence-corrected chi connectivity index (χ0v) is 35.5. The number of hydrogen-bond donors (Lipinski definition) is 3. The lowest BCUT2D eigenvalue weighted by Crippen LogP contribution is -2.54. The van der Waals surface area contributed by atoms with Crippen LogP contribution in [0.15, 0.2) is 84.9 Å². The molecule has 8 rings (SSSR count). The maximum Gasteiger partial charge on any atom is 0.416 e. The molecular weight excluding hydrogens is 850 g/mol. The van der Waals surface area contributed by atoms with E-state index in [-0.39, 0.29) is 42.7 Å². The number of imide groups is 2. The third kappa shape index (κ3) is 10.8. The number of ether oxygens (including phenoxy) is 4. The molecule has 2 saturated heterocycles. The zero-order chi connectivity index (χ0) is 45.5. The molecular formula is C47H49F3N6O9. The van der Waals surface area contributed by atoms with E-state index in [9.17, 15) is 37.1 Å². The quantitative estimate of drug-likeness (QED) is 0.0789. The lowest BCUT2D eigenvalue weighted by molar-refractivity contribution is -0.138. The van der Waals surface area contributed by atoms with Crippen LogP contribution in [0.4, 0.5) is 30.2 Å². The van der Waals surface area contributed by atoms with Gasteiger partial charge in [0, 0.05) is 24.2 Å². The van der Waals surface area contributed by atoms with Crippen LogP contribution in [-0.4, -0.2) is 104 Å². The summed E-state index contributed by atoms with van der Waals surface area (Å²) in [4.78, 5) is 68.4. The van der Waals surface area contributed by atoms with Crippen LogP contribution in [0.2, 0.25) is 0 Å². The Bertz CT molecular complexity index is 2410. The highest BCUT2D eigenvalue weighted by atomic mass is 19.4. The number of anilines is 3. The molecule has 0 aromatic heterocycles. The second-order valence-electron chi connectivity index (χ2n) is 16.1. The van der Waals surface area contributed by atoms with E-state index in [2.05, 4.69) is 33.0 Å². The Morgan fingerprint density at radius 1 is 0.738 bits per heavy atom. The maximum atomic E-state index is 13.5. The summed E-state index contributed by atoms with van der Waals surface area (Å²) in [5.41, 5.74) is 3.69. The molecule has 0 spiro atoms. The number of carbonyl (C=O) groups excluding carboxylic acids is 5. The average Bonchev–Trinajstić information content (AvgIpc) is 3.77. The summed E-state index contributed by atoms with van der Waals surface area (Å²) < 4.78 is 63.2. The van der Waals surface area contributed by atoms with Gasteiger partial charge >= 0.3 is 6.18 Å². The van der Waals surface area contributed by atoms with Gasteiger partial charge in [-0.25, -0.2) is 0 Å². The molecule has 4 aliphatic heterocycles. The van der Waals surface area contributed by atoms with Crippen LogP contribution in [0.1, 0.15) is 79.9 Å². The van der Waals surface area contributed by atoms with E-state index in [4.69, 9.17) is 18.9 Å². The summed E-state index contributed by atoms with van der Waals surface area (Å²) in [7, 11) is 0. The van der Waals surface area contributed by atoms with Gasteiger partial charge in [-0.15, -0.1) is 0 Å². The number of benzene rings is 4. The molecule has 4 aliphatic rings. The number of fused-ring (bicyclic) bond motifs is 2. The van der Waals surface area contributed by atoms with Gasteiger partial charge in [-0.3, -0.25) is 39.1 Å². The molecule has 0 radical (unpaired) electrons. The van der Waals surface area contributed by atoms with E-state index in [0.717, 1.165) is 64.9 Å². The fraction of sp³-hybridized carbons (Fsp3) is 0.383. The van der Waals surface area contributed by atoms with Gasteiger partial charge < -0.3 is 34.5 Å². The molecule has 4 heterocycles. The summed E-state index contributed by atoms with van der Waals surface area (Å²) in [5.74, 6) is -2.60. The molecule has 15 nitrogen and oxygen atoms in total. The standard InChI is InChI=1S/C47H49F3N6O9/c48-47(49,50)33-6-4-5-32(26-33)42(58)53-46-51-38-25-31(28-54-17-2-1-3-18-54)9-14-39(38)55(46)34-10-7-30(8-11-34)29-64-22-21-62-19-20-63-23-24-65-35-12-13-36-37(27-35)45(61)56(44(36)60)40-15-16-41(57)52-43(40)59/h4-14,25-27,40,46,51H,1-3,15-24,28-29H2,(H,53,58)(H,52,57,59). The Kier molecular flexibility index (Phi) is 14.1. The molecule has 3 N–H and O–H groups in total. The highest BCUT2D eigenvalue weighted by Gasteiger charge is 2.45. The van der Waals surface area contributed by atoms with Crippen molar-refractivity contribution in [2.24, 2.45) is 0 Å². The number of hydrogen-bond acceptors (Lipinski definition) is 12. The number of amides is 5. The van der Waals surface area contributed by atoms with Crippen LogP contribution >= 0.6 is 0 Å². The van der Waals surface area contributed by atoms with Gasteiger partial charge in [0.1, 0.15) is 18.4 Å². The molecule has 4 aromatic rings. The third-order valence-corrected chi connectivity index (χ3v) is 11.6. The van der Waals surface area contributed by atoms with Crippen LogP contribution in [0.5, 0.6) is 5.75 Å². The number of rotatable bonds is 18. The first-order valence-corrected chi connectivity index (χ1v) is 21.6. The van der Waals surface area contributed by atoms with Gasteiger partial charge in [-0.05, 0) is 104 Å². The first-order valence-electron chi connectivity index (χ1n) is 21.6. The van der Waals surface area contributed by atoms with Crippen molar-refractivity contribution in [2.45, 2.75) is 63.8 Å². The Morgan fingerprint density at radius 2 is 1.45 bits per heavy atom. The molecule has 342 valence electrons. The number of nitrogens with zero attached hydrogens (tertiary/aromatic N) is 3. The monoisotopic (exact) mass is 898 g/mol. The zero-order valence-electron chi connectivity index (χ0n) is 35.5. The minimum atomic E-state index is -4.58. The predicted octanol–water partition coefficient (Wildman–Crippen LogP) is 6.00. The molecule has 18 heteroatoms. The maximum absolute atomic E-state index is 13.5. The molecule has 0 bridgehead atoms. The van der Waals surface area contributed by atoms with Gasteiger partial charge in [0.05, 0.1) is 67.7 Å². The van der Waals surface area contributed by atoms with Crippen LogP contribution < -0.4 is 25.6 Å². The second-order valence-corrected chi connectivity index (χ2v) is 16.1. The van der Waals surface area contributed by atoms with Gasteiger partial charge in [0.2, 0.25) is 11.8 Å². The first-order chi connectivity index (χ1) is 31.4. The summed E-state index contributed by atoms with van der Waals surface area (Å²) in [6, 6.07) is 21.6. The van der Waals surface area contributed by atoms with Gasteiger partial charge in [-0.1, -0.05) is 30.7 Å². The van der Waals surface area contributed by atoms with Crippen molar-refractivity contribution in [2.75, 3.05) is 62.9 Å². The first kappa shape index (κ1) is 45.2. The predicted molar refractivity (Wildman–Crippen MR) is 230 cm³/mol. The molecule has 4 aromatic carbocycles. The van der Waals surface area contributed by atoms with Crippen molar-refractivity contribution < 1.29 is 56.1 Å². The minimum absolute atomic E-state index is 0.0396. The van der Waals surface area contributed by atoms with E-state index in [0.29, 0.717) is 38.8 Å². The van der Waals surface area contributed by atoms with Gasteiger partial charge in [-0.2, -0.15) is 13.2 Å². The normalized spacial score (nSPS) is 18.6. The third-order valence-electron chi connectivity index (χ3n) is 11.6. The van der Waals surface area contributed by atoms with Crippen LogP contribution in [0.3, 0.4) is 0 Å². The molecule has 65 heavy (non-hydrogen) atoms. The molecule has 2 unspecified atom stereocenters. The van der Waals surface area contributed by atoms with E-state index in [1.807, 2.05) is 35.2 Å². The molecule has 0 aliphatic carbocycles. The summed E-state index contributed by atoms with van der Waals surface area (Å²) >= 11 is 0. The van der Waals surface area contributed by atoms with Crippen molar-refractivity contribution in [1.29, 1.82) is 0 Å². The number of halogens is 3. The van der Waals surface area contributed by atoms with Crippen LogP contribution in [0, 0.1) is 0 Å². The number of likely N-dealkylation sites (tertiary alicyclic amines) is 1.